The van der Waals surface area contributed by atoms with E-state index in [2.05, 4.69) is 15.9 Å². The molecule has 3 rings (SSSR count). The topological polar surface area (TPSA) is 72.1 Å². The number of hydrogen-bond acceptors (Lipinski definition) is 4. The normalized spacial score (nSPS) is 13.8. The quantitative estimate of drug-likeness (QED) is 0.622. The van der Waals surface area contributed by atoms with Gasteiger partial charge in [0.15, 0.2) is 5.78 Å². The minimum atomic E-state index is -4.91. The highest BCUT2D eigenvalue weighted by Crippen LogP contribution is 2.42. The molecule has 1 aliphatic rings. The van der Waals surface area contributed by atoms with Crippen LogP contribution in [0, 0.1) is 11.3 Å². The summed E-state index contributed by atoms with van der Waals surface area (Å²) in [6, 6.07) is 6.26. The molecule has 0 amide bonds. The molecule has 1 aliphatic carbocycles. The molecule has 5 nitrogen and oxygen atoms in total. The molecular weight excluding hydrogens is 441 g/mol. The number of nitrogens with zero attached hydrogens (tertiary/aromatic N) is 2. The minimum Gasteiger partial charge on any atom is -0.461 e. The van der Waals surface area contributed by atoms with Crippen molar-refractivity contribution in [1.29, 1.82) is 5.26 Å². The summed E-state index contributed by atoms with van der Waals surface area (Å²) in [4.78, 5) is 24.9. The number of halogens is 4. The highest BCUT2D eigenvalue weighted by Gasteiger charge is 2.46. The second kappa shape index (κ2) is 7.43. The average molecular weight is 455 g/mol. The number of Topliss-reactive ketones (excluding diaryl/α,β-unsaturated/α-hetero) is 1. The van der Waals surface area contributed by atoms with E-state index in [4.69, 9.17) is 10.00 Å². The Labute approximate surface area is 166 Å². The Kier molecular flexibility index (Phi) is 5.35. The standard InChI is InChI=1S/C19H14BrF3N2O3/c1-2-28-18(27)17-16(19(21,22)23)15-13(4-3-5-14(15)26)25(17)11-7-6-10(9-24)12(20)8-11/h6-8H,2-5H2,1H3. The molecule has 0 saturated carbocycles. The summed E-state index contributed by atoms with van der Waals surface area (Å²) in [6.07, 6.45) is -4.33. The summed E-state index contributed by atoms with van der Waals surface area (Å²) >= 11 is 3.21. The Morgan fingerprint density at radius 3 is 2.64 bits per heavy atom. The van der Waals surface area contributed by atoms with Crippen LogP contribution in [0.2, 0.25) is 0 Å². The summed E-state index contributed by atoms with van der Waals surface area (Å²) < 4.78 is 48.1. The number of ketones is 1. The third kappa shape index (κ3) is 3.33. The fourth-order valence-electron chi connectivity index (χ4n) is 3.39. The second-order valence-electron chi connectivity index (χ2n) is 6.15. The van der Waals surface area contributed by atoms with Gasteiger partial charge < -0.3 is 9.30 Å². The van der Waals surface area contributed by atoms with Crippen molar-refractivity contribution in [1.82, 2.24) is 4.57 Å². The maximum atomic E-state index is 13.9. The van der Waals surface area contributed by atoms with Gasteiger partial charge in [0, 0.05) is 22.3 Å². The van der Waals surface area contributed by atoms with E-state index >= 15 is 0 Å². The first-order valence-corrected chi connectivity index (χ1v) is 9.25. The molecule has 28 heavy (non-hydrogen) atoms. The fourth-order valence-corrected chi connectivity index (χ4v) is 3.84. The summed E-state index contributed by atoms with van der Waals surface area (Å²) in [7, 11) is 0. The van der Waals surface area contributed by atoms with Crippen LogP contribution in [0.4, 0.5) is 13.2 Å². The molecule has 1 aromatic carbocycles. The van der Waals surface area contributed by atoms with E-state index < -0.39 is 34.7 Å². The SMILES string of the molecule is CCOC(=O)c1c(C(F)(F)F)c2c(n1-c1ccc(C#N)c(Br)c1)CCCC2=O. The first-order valence-electron chi connectivity index (χ1n) is 8.45. The number of esters is 1. The lowest BCUT2D eigenvalue weighted by Crippen LogP contribution is -2.19. The molecule has 0 bridgehead atoms. The van der Waals surface area contributed by atoms with Gasteiger partial charge in [0.25, 0.3) is 0 Å². The van der Waals surface area contributed by atoms with Crippen molar-refractivity contribution in [3.05, 3.63) is 50.8 Å². The lowest BCUT2D eigenvalue weighted by molar-refractivity contribution is -0.138. The monoisotopic (exact) mass is 454 g/mol. The highest BCUT2D eigenvalue weighted by molar-refractivity contribution is 9.10. The van der Waals surface area contributed by atoms with Crippen molar-refractivity contribution in [3.8, 4) is 11.8 Å². The molecule has 0 unspecified atom stereocenters. The largest absolute Gasteiger partial charge is 0.461 e. The van der Waals surface area contributed by atoms with E-state index in [1.807, 2.05) is 6.07 Å². The number of alkyl halides is 3. The Bertz CT molecular complexity index is 1020. The fraction of sp³-hybridized carbons (Fsp3) is 0.316. The van der Waals surface area contributed by atoms with Gasteiger partial charge in [-0.3, -0.25) is 4.79 Å². The van der Waals surface area contributed by atoms with Crippen LogP contribution in [0.1, 0.15) is 57.4 Å². The van der Waals surface area contributed by atoms with Gasteiger partial charge in [0.05, 0.1) is 23.3 Å². The van der Waals surface area contributed by atoms with Crippen molar-refractivity contribution < 1.29 is 27.5 Å². The molecule has 0 atom stereocenters. The zero-order chi connectivity index (χ0) is 20.6. The van der Waals surface area contributed by atoms with Crippen LogP contribution in [0.5, 0.6) is 0 Å². The number of rotatable bonds is 3. The van der Waals surface area contributed by atoms with Crippen LogP contribution in [0.25, 0.3) is 5.69 Å². The molecule has 1 aromatic heterocycles. The molecule has 2 aromatic rings. The van der Waals surface area contributed by atoms with Crippen LogP contribution < -0.4 is 0 Å². The minimum absolute atomic E-state index is 0.0145. The van der Waals surface area contributed by atoms with Crippen molar-refractivity contribution in [2.75, 3.05) is 6.61 Å². The zero-order valence-electron chi connectivity index (χ0n) is 14.7. The number of nitriles is 1. The number of fused-ring (bicyclic) bond motifs is 1. The lowest BCUT2D eigenvalue weighted by Gasteiger charge is -2.16. The molecule has 146 valence electrons. The van der Waals surface area contributed by atoms with E-state index in [0.717, 1.165) is 4.57 Å². The van der Waals surface area contributed by atoms with Gasteiger partial charge in [0.2, 0.25) is 0 Å². The zero-order valence-corrected chi connectivity index (χ0v) is 16.3. The van der Waals surface area contributed by atoms with E-state index in [1.165, 1.54) is 25.1 Å². The van der Waals surface area contributed by atoms with E-state index in [1.54, 1.807) is 0 Å². The van der Waals surface area contributed by atoms with Crippen LogP contribution >= 0.6 is 15.9 Å². The van der Waals surface area contributed by atoms with E-state index in [9.17, 15) is 22.8 Å². The maximum absolute atomic E-state index is 13.9. The maximum Gasteiger partial charge on any atom is 0.419 e. The first kappa shape index (κ1) is 20.1. The molecule has 0 aliphatic heterocycles. The molecule has 1 heterocycles. The van der Waals surface area contributed by atoms with Crippen molar-refractivity contribution in [2.45, 2.75) is 32.4 Å². The number of ether oxygens (including phenoxy) is 1. The number of aromatic nitrogens is 1. The number of carbonyl (C=O) groups excluding carboxylic acids is 2. The summed E-state index contributed by atoms with van der Waals surface area (Å²) in [5.74, 6) is -1.80. The third-order valence-corrected chi connectivity index (χ3v) is 5.10. The molecule has 0 spiro atoms. The van der Waals surface area contributed by atoms with Gasteiger partial charge in [0.1, 0.15) is 11.8 Å². The summed E-state index contributed by atoms with van der Waals surface area (Å²) in [5.41, 5.74) is -1.80. The van der Waals surface area contributed by atoms with Gasteiger partial charge in [-0.2, -0.15) is 18.4 Å². The molecule has 0 N–H and O–H groups in total. The van der Waals surface area contributed by atoms with Crippen LogP contribution in [-0.4, -0.2) is 22.9 Å². The molecule has 0 fully saturated rings. The molecular formula is C19H14BrF3N2O3. The Hall–Kier alpha value is -2.60. The Balaban J connectivity index is 2.41. The third-order valence-electron chi connectivity index (χ3n) is 4.45. The smallest absolute Gasteiger partial charge is 0.419 e. The van der Waals surface area contributed by atoms with Gasteiger partial charge >= 0.3 is 12.1 Å². The molecule has 0 saturated heterocycles. The van der Waals surface area contributed by atoms with Crippen LogP contribution in [-0.2, 0) is 17.3 Å². The predicted octanol–water partition coefficient (Wildman–Crippen LogP) is 4.83. The van der Waals surface area contributed by atoms with Gasteiger partial charge in [-0.25, -0.2) is 4.79 Å². The Morgan fingerprint density at radius 2 is 2.07 bits per heavy atom. The van der Waals surface area contributed by atoms with Gasteiger partial charge in [-0.05, 0) is 53.9 Å². The Morgan fingerprint density at radius 1 is 1.36 bits per heavy atom. The average Bonchev–Trinajstić information content (AvgIpc) is 2.99. The van der Waals surface area contributed by atoms with Crippen LogP contribution in [0.3, 0.4) is 0 Å². The first-order chi connectivity index (χ1) is 13.2. The summed E-state index contributed by atoms with van der Waals surface area (Å²) in [6.45, 7) is 1.37. The second-order valence-corrected chi connectivity index (χ2v) is 7.01. The van der Waals surface area contributed by atoms with E-state index in [-0.39, 0.29) is 36.4 Å². The number of benzene rings is 1. The highest BCUT2D eigenvalue weighted by atomic mass is 79.9. The van der Waals surface area contributed by atoms with E-state index in [0.29, 0.717) is 10.9 Å². The van der Waals surface area contributed by atoms with Crippen molar-refractivity contribution in [3.63, 3.8) is 0 Å². The molecule has 9 heteroatoms. The van der Waals surface area contributed by atoms with Crippen LogP contribution in [0.15, 0.2) is 22.7 Å². The van der Waals surface area contributed by atoms with Gasteiger partial charge in [-0.1, -0.05) is 0 Å². The van der Waals surface area contributed by atoms with Gasteiger partial charge in [-0.15, -0.1) is 0 Å². The van der Waals surface area contributed by atoms with Crippen molar-refractivity contribution in [2.24, 2.45) is 0 Å². The lowest BCUT2D eigenvalue weighted by atomic mass is 9.93. The predicted molar refractivity (Wildman–Crippen MR) is 96.4 cm³/mol. The molecule has 0 radical (unpaired) electrons. The number of carbonyl (C=O) groups is 2. The van der Waals surface area contributed by atoms with Crippen molar-refractivity contribution >= 4 is 27.7 Å². The summed E-state index contributed by atoms with van der Waals surface area (Å²) in [5, 5.41) is 9.08. The number of hydrogen-bond donors (Lipinski definition) is 0.